The maximum Gasteiger partial charge on any atom is 0.143 e. The van der Waals surface area contributed by atoms with E-state index in [-0.39, 0.29) is 12.1 Å². The molecule has 3 nitrogen and oxygen atoms in total. The second-order valence-electron chi connectivity index (χ2n) is 4.78. The van der Waals surface area contributed by atoms with Crippen molar-refractivity contribution in [1.29, 1.82) is 0 Å². The predicted molar refractivity (Wildman–Crippen MR) is 72.9 cm³/mol. The molecule has 18 heavy (non-hydrogen) atoms. The van der Waals surface area contributed by atoms with Crippen LogP contribution in [0.25, 0.3) is 0 Å². The van der Waals surface area contributed by atoms with Crippen molar-refractivity contribution in [3.8, 4) is 5.75 Å². The molecular formula is C14H16N2OS. The van der Waals surface area contributed by atoms with Gasteiger partial charge in [-0.15, -0.1) is 11.3 Å². The average molecular weight is 260 g/mol. The van der Waals surface area contributed by atoms with Gasteiger partial charge in [0.15, 0.2) is 0 Å². The zero-order chi connectivity index (χ0) is 12.7. The maximum atomic E-state index is 6.25. The van der Waals surface area contributed by atoms with Crippen LogP contribution in [0.4, 0.5) is 0 Å². The molecule has 0 saturated heterocycles. The van der Waals surface area contributed by atoms with E-state index in [1.165, 1.54) is 5.56 Å². The summed E-state index contributed by atoms with van der Waals surface area (Å²) in [5.74, 6) is 0.898. The molecule has 2 N–H and O–H groups in total. The van der Waals surface area contributed by atoms with Crippen LogP contribution in [0.2, 0.25) is 0 Å². The van der Waals surface area contributed by atoms with Crippen LogP contribution in [0.1, 0.15) is 40.4 Å². The molecule has 2 heterocycles. The monoisotopic (exact) mass is 260 g/mol. The Morgan fingerprint density at radius 1 is 1.39 bits per heavy atom. The zero-order valence-corrected chi connectivity index (χ0v) is 11.3. The Bertz CT molecular complexity index is 579. The maximum absolute atomic E-state index is 6.25. The second kappa shape index (κ2) is 4.37. The fraction of sp³-hybridized carbons (Fsp3) is 0.357. The molecule has 2 atom stereocenters. The van der Waals surface area contributed by atoms with Crippen LogP contribution in [0.15, 0.2) is 23.6 Å². The molecule has 0 bridgehead atoms. The lowest BCUT2D eigenvalue weighted by atomic mass is 9.95. The smallest absolute Gasteiger partial charge is 0.143 e. The summed E-state index contributed by atoms with van der Waals surface area (Å²) >= 11 is 1.65. The zero-order valence-electron chi connectivity index (χ0n) is 10.5. The van der Waals surface area contributed by atoms with Crippen molar-refractivity contribution < 1.29 is 4.74 Å². The molecule has 0 aliphatic carbocycles. The Kier molecular flexibility index (Phi) is 2.84. The molecule has 3 rings (SSSR count). The van der Waals surface area contributed by atoms with Crippen molar-refractivity contribution in [2.75, 3.05) is 0 Å². The summed E-state index contributed by atoms with van der Waals surface area (Å²) in [6.45, 7) is 4.08. The molecule has 1 unspecified atom stereocenters. The van der Waals surface area contributed by atoms with Gasteiger partial charge in [0.1, 0.15) is 11.9 Å². The molecule has 0 amide bonds. The van der Waals surface area contributed by atoms with E-state index >= 15 is 0 Å². The van der Waals surface area contributed by atoms with E-state index in [1.807, 2.05) is 13.0 Å². The highest BCUT2D eigenvalue weighted by Crippen LogP contribution is 2.39. The van der Waals surface area contributed by atoms with Crippen molar-refractivity contribution >= 4 is 11.3 Å². The Morgan fingerprint density at radius 2 is 2.22 bits per heavy atom. The van der Waals surface area contributed by atoms with E-state index < -0.39 is 0 Å². The number of benzene rings is 1. The summed E-state index contributed by atoms with van der Waals surface area (Å²) in [4.78, 5) is 4.50. The second-order valence-corrected chi connectivity index (χ2v) is 5.84. The molecule has 0 radical (unpaired) electrons. The van der Waals surface area contributed by atoms with Gasteiger partial charge >= 0.3 is 0 Å². The molecular weight excluding hydrogens is 244 g/mol. The first-order valence-corrected chi connectivity index (χ1v) is 6.96. The van der Waals surface area contributed by atoms with E-state index in [4.69, 9.17) is 10.5 Å². The Balaban J connectivity index is 1.94. The summed E-state index contributed by atoms with van der Waals surface area (Å²) in [5, 5.41) is 3.13. The van der Waals surface area contributed by atoms with Crippen molar-refractivity contribution in [1.82, 2.24) is 4.98 Å². The standard InChI is InChI=1S/C14H16N2OS/c1-8-3-4-13-10(5-8)11(15)6-14(17-13)12-7-18-9(2)16-12/h3-5,7,11,14H,6,15H2,1-2H3/t11-,14?/m1/s1. The molecule has 0 fully saturated rings. The number of thiazole rings is 1. The van der Waals surface area contributed by atoms with Crippen molar-refractivity contribution in [2.24, 2.45) is 5.73 Å². The Labute approximate surface area is 111 Å². The summed E-state index contributed by atoms with van der Waals surface area (Å²) < 4.78 is 6.02. The largest absolute Gasteiger partial charge is 0.484 e. The number of nitrogens with two attached hydrogens (primary N) is 1. The number of nitrogens with zero attached hydrogens (tertiary/aromatic N) is 1. The van der Waals surface area contributed by atoms with E-state index in [9.17, 15) is 0 Å². The minimum atomic E-state index is -0.0137. The summed E-state index contributed by atoms with van der Waals surface area (Å²) in [6.07, 6.45) is 0.778. The fourth-order valence-electron chi connectivity index (χ4n) is 2.33. The van der Waals surface area contributed by atoms with Gasteiger partial charge in [-0.1, -0.05) is 17.7 Å². The molecule has 1 aromatic heterocycles. The van der Waals surface area contributed by atoms with Gasteiger partial charge in [-0.2, -0.15) is 0 Å². The normalized spacial score (nSPS) is 22.4. The number of rotatable bonds is 1. The molecule has 0 spiro atoms. The first-order valence-electron chi connectivity index (χ1n) is 6.08. The van der Waals surface area contributed by atoms with Crippen LogP contribution in [0.5, 0.6) is 5.75 Å². The van der Waals surface area contributed by atoms with E-state index in [0.29, 0.717) is 0 Å². The number of fused-ring (bicyclic) bond motifs is 1. The highest BCUT2D eigenvalue weighted by atomic mass is 32.1. The third kappa shape index (κ3) is 2.02. The molecule has 1 aliphatic heterocycles. The molecule has 4 heteroatoms. The summed E-state index contributed by atoms with van der Waals surface area (Å²) in [5.41, 5.74) is 9.57. The third-order valence-electron chi connectivity index (χ3n) is 3.27. The van der Waals surface area contributed by atoms with Gasteiger partial charge in [0.05, 0.1) is 10.7 Å². The van der Waals surface area contributed by atoms with E-state index in [1.54, 1.807) is 11.3 Å². The lowest BCUT2D eigenvalue weighted by Gasteiger charge is -2.29. The van der Waals surface area contributed by atoms with Gasteiger partial charge < -0.3 is 10.5 Å². The van der Waals surface area contributed by atoms with Gasteiger partial charge in [-0.3, -0.25) is 0 Å². The van der Waals surface area contributed by atoms with Crippen molar-refractivity contribution in [3.63, 3.8) is 0 Å². The van der Waals surface area contributed by atoms with Crippen LogP contribution in [-0.2, 0) is 0 Å². The molecule has 0 saturated carbocycles. The van der Waals surface area contributed by atoms with Crippen LogP contribution >= 0.6 is 11.3 Å². The first-order chi connectivity index (χ1) is 8.63. The van der Waals surface area contributed by atoms with Gasteiger partial charge in [-0.25, -0.2) is 4.98 Å². The number of aryl methyl sites for hydroxylation is 2. The van der Waals surface area contributed by atoms with Crippen LogP contribution in [0.3, 0.4) is 0 Å². The predicted octanol–water partition coefficient (Wildman–Crippen LogP) is 3.28. The van der Waals surface area contributed by atoms with Gasteiger partial charge in [0.25, 0.3) is 0 Å². The van der Waals surface area contributed by atoms with Gasteiger partial charge in [0.2, 0.25) is 0 Å². The number of aromatic nitrogens is 1. The highest BCUT2D eigenvalue weighted by Gasteiger charge is 2.28. The number of hydrogen-bond acceptors (Lipinski definition) is 4. The van der Waals surface area contributed by atoms with Crippen LogP contribution in [-0.4, -0.2) is 4.98 Å². The molecule has 94 valence electrons. The highest BCUT2D eigenvalue weighted by molar-refractivity contribution is 7.09. The third-order valence-corrected chi connectivity index (χ3v) is 4.06. The average Bonchev–Trinajstić information content (AvgIpc) is 2.77. The van der Waals surface area contributed by atoms with Gasteiger partial charge in [-0.05, 0) is 19.9 Å². The number of hydrogen-bond donors (Lipinski definition) is 1. The summed E-state index contributed by atoms with van der Waals surface area (Å²) in [7, 11) is 0. The lowest BCUT2D eigenvalue weighted by molar-refractivity contribution is 0.158. The SMILES string of the molecule is Cc1ccc2c(c1)[C@H](N)CC(c1csc(C)n1)O2. The fourth-order valence-corrected chi connectivity index (χ4v) is 2.99. The summed E-state index contributed by atoms with van der Waals surface area (Å²) in [6, 6.07) is 6.21. The molecule has 1 aliphatic rings. The Hall–Kier alpha value is -1.39. The topological polar surface area (TPSA) is 48.1 Å². The minimum absolute atomic E-state index is 0.0137. The van der Waals surface area contributed by atoms with Crippen LogP contribution < -0.4 is 10.5 Å². The van der Waals surface area contributed by atoms with E-state index in [2.05, 4.69) is 29.4 Å². The lowest BCUT2D eigenvalue weighted by Crippen LogP contribution is -2.24. The Morgan fingerprint density at radius 3 is 2.94 bits per heavy atom. The van der Waals surface area contributed by atoms with Gasteiger partial charge in [0, 0.05) is 23.4 Å². The van der Waals surface area contributed by atoms with Crippen molar-refractivity contribution in [2.45, 2.75) is 32.4 Å². The number of ether oxygens (including phenoxy) is 1. The van der Waals surface area contributed by atoms with Crippen molar-refractivity contribution in [3.05, 3.63) is 45.4 Å². The first kappa shape index (κ1) is 11.7. The quantitative estimate of drug-likeness (QED) is 0.856. The molecule has 1 aromatic carbocycles. The minimum Gasteiger partial charge on any atom is -0.484 e. The van der Waals surface area contributed by atoms with Crippen LogP contribution in [0, 0.1) is 13.8 Å². The van der Waals surface area contributed by atoms with E-state index in [0.717, 1.165) is 28.4 Å². The molecule has 2 aromatic rings.